The second kappa shape index (κ2) is 8.09. The van der Waals surface area contributed by atoms with Gasteiger partial charge in [0.25, 0.3) is 0 Å². The molecule has 0 bridgehead atoms. The van der Waals surface area contributed by atoms with Crippen LogP contribution in [0.1, 0.15) is 46.0 Å². The molecule has 0 radical (unpaired) electrons. The molecule has 1 aromatic carbocycles. The van der Waals surface area contributed by atoms with Crippen LogP contribution in [0.25, 0.3) is 0 Å². The van der Waals surface area contributed by atoms with Crippen molar-refractivity contribution in [2.45, 2.75) is 52.1 Å². The zero-order valence-electron chi connectivity index (χ0n) is 13.7. The molecule has 1 amide bonds. The summed E-state index contributed by atoms with van der Waals surface area (Å²) >= 11 is 0. The lowest BCUT2D eigenvalue weighted by Crippen LogP contribution is -2.29. The van der Waals surface area contributed by atoms with Gasteiger partial charge in [0.15, 0.2) is 0 Å². The zero-order valence-corrected chi connectivity index (χ0v) is 13.7. The molecule has 5 heteroatoms. The number of hydrogen-bond donors (Lipinski definition) is 1. The number of nitrogens with one attached hydrogen (secondary N) is 1. The summed E-state index contributed by atoms with van der Waals surface area (Å²) in [5.41, 5.74) is 0.514. The third kappa shape index (κ3) is 5.66. The van der Waals surface area contributed by atoms with Crippen molar-refractivity contribution in [2.75, 3.05) is 5.32 Å². The Morgan fingerprint density at radius 1 is 1.13 bits per heavy atom. The van der Waals surface area contributed by atoms with Gasteiger partial charge in [-0.25, -0.2) is 4.39 Å². The first-order valence-electron chi connectivity index (χ1n) is 8.19. The van der Waals surface area contributed by atoms with Gasteiger partial charge in [0, 0.05) is 12.1 Å². The fourth-order valence-electron chi connectivity index (χ4n) is 2.82. The molecule has 0 saturated heterocycles. The quantitative estimate of drug-likeness (QED) is 0.837. The number of carbonyl (C=O) groups is 2. The monoisotopic (exact) mass is 321 g/mol. The Bertz CT molecular complexity index is 544. The first-order chi connectivity index (χ1) is 10.9. The van der Waals surface area contributed by atoms with Gasteiger partial charge in [-0.3, -0.25) is 9.59 Å². The van der Waals surface area contributed by atoms with Crippen LogP contribution < -0.4 is 5.32 Å². The average Bonchev–Trinajstić information content (AvgIpc) is 2.51. The number of rotatable bonds is 5. The van der Waals surface area contributed by atoms with E-state index in [1.54, 1.807) is 0 Å². The molecule has 1 aliphatic carbocycles. The maximum Gasteiger partial charge on any atom is 0.306 e. The van der Waals surface area contributed by atoms with Gasteiger partial charge in [-0.15, -0.1) is 0 Å². The first-order valence-corrected chi connectivity index (χ1v) is 8.19. The van der Waals surface area contributed by atoms with Crippen LogP contribution in [0.4, 0.5) is 10.1 Å². The van der Waals surface area contributed by atoms with Crippen LogP contribution in [0.3, 0.4) is 0 Å². The van der Waals surface area contributed by atoms with E-state index in [9.17, 15) is 14.0 Å². The molecule has 4 nitrogen and oxygen atoms in total. The second-order valence-electron chi connectivity index (χ2n) is 6.43. The highest BCUT2D eigenvalue weighted by Gasteiger charge is 2.27. The van der Waals surface area contributed by atoms with Crippen LogP contribution in [0, 0.1) is 17.7 Å². The predicted octanol–water partition coefficient (Wildman–Crippen LogP) is 3.91. The smallest absolute Gasteiger partial charge is 0.306 e. The Hall–Kier alpha value is -1.91. The lowest BCUT2D eigenvalue weighted by Gasteiger charge is -2.31. The van der Waals surface area contributed by atoms with Gasteiger partial charge >= 0.3 is 5.97 Å². The minimum atomic E-state index is -0.359. The second-order valence-corrected chi connectivity index (χ2v) is 6.43. The van der Waals surface area contributed by atoms with Crippen molar-refractivity contribution >= 4 is 17.6 Å². The molecular formula is C18H24FNO3. The van der Waals surface area contributed by atoms with E-state index in [-0.39, 0.29) is 36.6 Å². The fourth-order valence-corrected chi connectivity index (χ4v) is 2.82. The molecule has 0 aromatic heterocycles. The summed E-state index contributed by atoms with van der Waals surface area (Å²) in [6.07, 6.45) is 2.98. The molecule has 1 aromatic rings. The van der Waals surface area contributed by atoms with Crippen LogP contribution in [0.15, 0.2) is 24.3 Å². The summed E-state index contributed by atoms with van der Waals surface area (Å²) in [6.45, 7) is 4.41. The molecule has 1 saturated carbocycles. The van der Waals surface area contributed by atoms with E-state index < -0.39 is 0 Å². The van der Waals surface area contributed by atoms with Crippen LogP contribution in [0.2, 0.25) is 0 Å². The molecule has 1 N–H and O–H groups in total. The molecule has 0 heterocycles. The van der Waals surface area contributed by atoms with Gasteiger partial charge in [0.05, 0.1) is 6.42 Å². The summed E-state index contributed by atoms with van der Waals surface area (Å²) in [5, 5.41) is 2.63. The van der Waals surface area contributed by atoms with E-state index >= 15 is 0 Å². The third-order valence-corrected chi connectivity index (χ3v) is 4.53. The Kier molecular flexibility index (Phi) is 6.13. The van der Waals surface area contributed by atoms with Crippen LogP contribution in [-0.4, -0.2) is 18.0 Å². The van der Waals surface area contributed by atoms with E-state index in [2.05, 4.69) is 19.2 Å². The van der Waals surface area contributed by atoms with Gasteiger partial charge in [-0.05, 0) is 55.4 Å². The normalized spacial score (nSPS) is 24.0. The van der Waals surface area contributed by atoms with Gasteiger partial charge in [0.2, 0.25) is 5.91 Å². The van der Waals surface area contributed by atoms with Crippen LogP contribution in [0.5, 0.6) is 0 Å². The summed E-state index contributed by atoms with van der Waals surface area (Å²) in [5.74, 6) is 0.266. The molecular weight excluding hydrogens is 297 g/mol. The van der Waals surface area contributed by atoms with E-state index in [0.29, 0.717) is 17.5 Å². The number of esters is 1. The number of halogens is 1. The molecule has 3 atom stereocenters. The maximum atomic E-state index is 12.8. The highest BCUT2D eigenvalue weighted by atomic mass is 19.1. The van der Waals surface area contributed by atoms with Crippen molar-refractivity contribution in [3.05, 3.63) is 30.1 Å². The lowest BCUT2D eigenvalue weighted by molar-refractivity contribution is -0.152. The summed E-state index contributed by atoms with van der Waals surface area (Å²) in [4.78, 5) is 23.6. The van der Waals surface area contributed by atoms with E-state index in [0.717, 1.165) is 19.3 Å². The summed E-state index contributed by atoms with van der Waals surface area (Å²) in [7, 11) is 0. The largest absolute Gasteiger partial charge is 0.462 e. The molecule has 2 rings (SSSR count). The van der Waals surface area contributed by atoms with E-state index in [1.807, 2.05) is 0 Å². The lowest BCUT2D eigenvalue weighted by atomic mass is 9.80. The van der Waals surface area contributed by atoms with Crippen molar-refractivity contribution in [3.8, 4) is 0 Å². The van der Waals surface area contributed by atoms with Gasteiger partial charge < -0.3 is 10.1 Å². The average molecular weight is 321 g/mol. The summed E-state index contributed by atoms with van der Waals surface area (Å²) < 4.78 is 18.2. The molecule has 126 valence electrons. The van der Waals surface area contributed by atoms with Gasteiger partial charge in [-0.2, -0.15) is 0 Å². The standard InChI is InChI=1S/C18H24FNO3/c1-12-3-8-16(11-13(12)2)23-18(22)10-9-17(21)20-15-6-4-14(19)5-7-15/h4-7,12-13,16H,3,8-11H2,1-2H3,(H,20,21). The maximum absolute atomic E-state index is 12.8. The van der Waals surface area contributed by atoms with Gasteiger partial charge in [-0.1, -0.05) is 13.8 Å². The summed E-state index contributed by atoms with van der Waals surface area (Å²) in [6, 6.07) is 5.51. The number of hydrogen-bond acceptors (Lipinski definition) is 3. The molecule has 1 aliphatic rings. The molecule has 0 aliphatic heterocycles. The van der Waals surface area contributed by atoms with Gasteiger partial charge in [0.1, 0.15) is 11.9 Å². The first kappa shape index (κ1) is 17.4. The van der Waals surface area contributed by atoms with E-state index in [1.165, 1.54) is 24.3 Å². The highest BCUT2D eigenvalue weighted by Crippen LogP contribution is 2.31. The van der Waals surface area contributed by atoms with E-state index in [4.69, 9.17) is 4.74 Å². The Labute approximate surface area is 136 Å². The van der Waals surface area contributed by atoms with Crippen molar-refractivity contribution in [1.82, 2.24) is 0 Å². The number of ether oxygens (including phenoxy) is 1. The molecule has 23 heavy (non-hydrogen) atoms. The van der Waals surface area contributed by atoms with Crippen LogP contribution in [-0.2, 0) is 14.3 Å². The van der Waals surface area contributed by atoms with Crippen LogP contribution >= 0.6 is 0 Å². The van der Waals surface area contributed by atoms with Crippen molar-refractivity contribution in [3.63, 3.8) is 0 Å². The Balaban J connectivity index is 1.69. The minimum absolute atomic E-state index is 0.0196. The number of amides is 1. The van der Waals surface area contributed by atoms with Crippen molar-refractivity contribution < 1.29 is 18.7 Å². The number of benzene rings is 1. The fraction of sp³-hybridized carbons (Fsp3) is 0.556. The minimum Gasteiger partial charge on any atom is -0.462 e. The highest BCUT2D eigenvalue weighted by molar-refractivity contribution is 5.92. The zero-order chi connectivity index (χ0) is 16.8. The third-order valence-electron chi connectivity index (χ3n) is 4.53. The number of carbonyl (C=O) groups excluding carboxylic acids is 2. The Morgan fingerprint density at radius 2 is 1.83 bits per heavy atom. The number of anilines is 1. The SMILES string of the molecule is CC1CCC(OC(=O)CCC(=O)Nc2ccc(F)cc2)CC1C. The van der Waals surface area contributed by atoms with Crippen molar-refractivity contribution in [1.29, 1.82) is 0 Å². The molecule has 0 spiro atoms. The van der Waals surface area contributed by atoms with Crippen molar-refractivity contribution in [2.24, 2.45) is 11.8 Å². The molecule has 3 unspecified atom stereocenters. The predicted molar refractivity (Wildman–Crippen MR) is 86.3 cm³/mol. The topological polar surface area (TPSA) is 55.4 Å². The molecule has 1 fully saturated rings. The Morgan fingerprint density at radius 3 is 2.48 bits per heavy atom.